The summed E-state index contributed by atoms with van der Waals surface area (Å²) < 4.78 is 14.5. The van der Waals surface area contributed by atoms with Crippen LogP contribution in [0.1, 0.15) is 29.8 Å². The maximum absolute atomic E-state index is 13.8. The van der Waals surface area contributed by atoms with Gasteiger partial charge in [0, 0.05) is 22.3 Å². The first kappa shape index (κ1) is 14.3. The van der Waals surface area contributed by atoms with Gasteiger partial charge in [0.2, 0.25) is 0 Å². The van der Waals surface area contributed by atoms with E-state index in [2.05, 4.69) is 15.9 Å². The molecule has 1 amide bonds. The summed E-state index contributed by atoms with van der Waals surface area (Å²) in [5.41, 5.74) is 6.17. The Labute approximate surface area is 119 Å². The maximum atomic E-state index is 13.8. The molecule has 0 aliphatic carbocycles. The number of hydrogen-bond acceptors (Lipinski definition) is 3. The van der Waals surface area contributed by atoms with E-state index in [9.17, 15) is 14.3 Å². The molecule has 19 heavy (non-hydrogen) atoms. The Morgan fingerprint density at radius 2 is 2.21 bits per heavy atom. The maximum Gasteiger partial charge on any atom is 0.254 e. The molecule has 1 heterocycles. The molecule has 1 aliphatic heterocycles. The number of halogens is 2. The molecule has 4 nitrogen and oxygen atoms in total. The standard InChI is InChI=1S/C13H16BrFN2O2/c1-13(2,19)11(15)6-17-5-7-3-10(16)9(14)4-8(7)12(17)18/h3-4,11,19H,5-6,16H2,1-2H3/t11-/m1/s1. The van der Waals surface area contributed by atoms with Gasteiger partial charge in [0.25, 0.3) is 5.91 Å². The van der Waals surface area contributed by atoms with Gasteiger partial charge < -0.3 is 15.7 Å². The molecule has 2 rings (SSSR count). The van der Waals surface area contributed by atoms with Crippen molar-refractivity contribution in [2.75, 3.05) is 12.3 Å². The number of fused-ring (bicyclic) bond motifs is 1. The summed E-state index contributed by atoms with van der Waals surface area (Å²) in [6.45, 7) is 2.97. The zero-order valence-electron chi connectivity index (χ0n) is 10.8. The molecule has 1 aromatic carbocycles. The molecule has 0 saturated carbocycles. The number of nitrogens with zero attached hydrogens (tertiary/aromatic N) is 1. The van der Waals surface area contributed by atoms with Crippen LogP contribution < -0.4 is 5.73 Å². The number of hydrogen-bond donors (Lipinski definition) is 2. The number of alkyl halides is 1. The molecular weight excluding hydrogens is 315 g/mol. The van der Waals surface area contributed by atoms with Crippen LogP contribution in [-0.2, 0) is 6.54 Å². The highest BCUT2D eigenvalue weighted by molar-refractivity contribution is 9.10. The fourth-order valence-corrected chi connectivity index (χ4v) is 2.32. The zero-order valence-corrected chi connectivity index (χ0v) is 12.4. The van der Waals surface area contributed by atoms with Crippen LogP contribution in [0.5, 0.6) is 0 Å². The molecule has 1 aromatic rings. The van der Waals surface area contributed by atoms with Crippen molar-refractivity contribution in [3.8, 4) is 0 Å². The number of nitrogens with two attached hydrogens (primary N) is 1. The highest BCUT2D eigenvalue weighted by Crippen LogP contribution is 2.31. The van der Waals surface area contributed by atoms with Crippen molar-refractivity contribution in [3.63, 3.8) is 0 Å². The van der Waals surface area contributed by atoms with E-state index in [-0.39, 0.29) is 12.5 Å². The van der Waals surface area contributed by atoms with Gasteiger partial charge in [-0.2, -0.15) is 0 Å². The summed E-state index contributed by atoms with van der Waals surface area (Å²) in [7, 11) is 0. The van der Waals surface area contributed by atoms with E-state index in [0.29, 0.717) is 22.3 Å². The first-order valence-electron chi connectivity index (χ1n) is 5.93. The molecule has 6 heteroatoms. The minimum absolute atomic E-state index is 0.130. The van der Waals surface area contributed by atoms with Crippen LogP contribution in [0.3, 0.4) is 0 Å². The molecule has 104 valence electrons. The lowest BCUT2D eigenvalue weighted by Gasteiger charge is -2.26. The Morgan fingerprint density at radius 1 is 1.58 bits per heavy atom. The minimum atomic E-state index is -1.49. The molecule has 0 unspecified atom stereocenters. The highest BCUT2D eigenvalue weighted by atomic mass is 79.9. The van der Waals surface area contributed by atoms with Crippen LogP contribution in [0.2, 0.25) is 0 Å². The molecule has 1 aliphatic rings. The van der Waals surface area contributed by atoms with Crippen molar-refractivity contribution >= 4 is 27.5 Å². The number of amides is 1. The molecular formula is C13H16BrFN2O2. The normalized spacial score (nSPS) is 16.7. The topological polar surface area (TPSA) is 66.6 Å². The fourth-order valence-electron chi connectivity index (χ4n) is 1.98. The van der Waals surface area contributed by atoms with Gasteiger partial charge in [0.15, 0.2) is 0 Å². The van der Waals surface area contributed by atoms with Gasteiger partial charge in [0.1, 0.15) is 6.17 Å². The predicted molar refractivity (Wildman–Crippen MR) is 74.5 cm³/mol. The first-order valence-corrected chi connectivity index (χ1v) is 6.73. The van der Waals surface area contributed by atoms with E-state index in [4.69, 9.17) is 5.73 Å². The number of rotatable bonds is 3. The summed E-state index contributed by atoms with van der Waals surface area (Å²) in [6.07, 6.45) is -1.49. The zero-order chi connectivity index (χ0) is 14.4. The van der Waals surface area contributed by atoms with Crippen LogP contribution in [0, 0.1) is 0 Å². The SMILES string of the molecule is CC(C)(O)[C@H](F)CN1Cc2cc(N)c(Br)cc2C1=O. The van der Waals surface area contributed by atoms with Gasteiger partial charge in [-0.1, -0.05) is 0 Å². The van der Waals surface area contributed by atoms with Gasteiger partial charge in [-0.25, -0.2) is 4.39 Å². The van der Waals surface area contributed by atoms with Crippen LogP contribution >= 0.6 is 15.9 Å². The Bertz CT molecular complexity index is 528. The lowest BCUT2D eigenvalue weighted by Crippen LogP contribution is -2.42. The second-order valence-electron chi connectivity index (χ2n) is 5.34. The third kappa shape index (κ3) is 2.74. The number of aliphatic hydroxyl groups is 1. The number of benzene rings is 1. The number of carbonyl (C=O) groups is 1. The molecule has 0 fully saturated rings. The number of anilines is 1. The van der Waals surface area contributed by atoms with E-state index < -0.39 is 11.8 Å². The van der Waals surface area contributed by atoms with Crippen molar-refractivity contribution in [1.82, 2.24) is 4.90 Å². The Kier molecular flexibility index (Phi) is 3.57. The van der Waals surface area contributed by atoms with Crippen molar-refractivity contribution < 1.29 is 14.3 Å². The van der Waals surface area contributed by atoms with E-state index in [0.717, 1.165) is 5.56 Å². The monoisotopic (exact) mass is 330 g/mol. The second kappa shape index (κ2) is 4.76. The van der Waals surface area contributed by atoms with E-state index in [1.54, 1.807) is 12.1 Å². The quantitative estimate of drug-likeness (QED) is 0.834. The van der Waals surface area contributed by atoms with Gasteiger partial charge in [-0.05, 0) is 47.5 Å². The summed E-state index contributed by atoms with van der Waals surface area (Å²) in [6, 6.07) is 3.37. The molecule has 3 N–H and O–H groups in total. The van der Waals surface area contributed by atoms with Crippen LogP contribution in [0.4, 0.5) is 10.1 Å². The summed E-state index contributed by atoms with van der Waals surface area (Å²) in [4.78, 5) is 13.5. The van der Waals surface area contributed by atoms with Gasteiger partial charge >= 0.3 is 0 Å². The summed E-state index contributed by atoms with van der Waals surface area (Å²) in [5.74, 6) is -0.234. The predicted octanol–water partition coefficient (Wildman–Crippen LogP) is 2.10. The van der Waals surface area contributed by atoms with Crippen molar-refractivity contribution in [1.29, 1.82) is 0 Å². The Morgan fingerprint density at radius 3 is 2.79 bits per heavy atom. The van der Waals surface area contributed by atoms with Gasteiger partial charge in [-0.3, -0.25) is 4.79 Å². The van der Waals surface area contributed by atoms with Crippen molar-refractivity contribution in [2.24, 2.45) is 0 Å². The third-order valence-electron chi connectivity index (χ3n) is 3.25. The van der Waals surface area contributed by atoms with Crippen LogP contribution in [0.15, 0.2) is 16.6 Å². The highest BCUT2D eigenvalue weighted by Gasteiger charge is 2.34. The first-order chi connectivity index (χ1) is 8.70. The molecule has 0 radical (unpaired) electrons. The average Bonchev–Trinajstić information content (AvgIpc) is 2.56. The summed E-state index contributed by atoms with van der Waals surface area (Å²) >= 11 is 3.27. The average molecular weight is 331 g/mol. The van der Waals surface area contributed by atoms with E-state index >= 15 is 0 Å². The fraction of sp³-hybridized carbons (Fsp3) is 0.462. The van der Waals surface area contributed by atoms with Crippen LogP contribution in [0.25, 0.3) is 0 Å². The van der Waals surface area contributed by atoms with Crippen molar-refractivity contribution in [2.45, 2.75) is 32.2 Å². The molecule has 0 bridgehead atoms. The van der Waals surface area contributed by atoms with Crippen molar-refractivity contribution in [3.05, 3.63) is 27.7 Å². The van der Waals surface area contributed by atoms with Gasteiger partial charge in [-0.15, -0.1) is 0 Å². The Hall–Kier alpha value is -1.14. The van der Waals surface area contributed by atoms with Crippen LogP contribution in [-0.4, -0.2) is 34.2 Å². The smallest absolute Gasteiger partial charge is 0.254 e. The van der Waals surface area contributed by atoms with E-state index in [1.165, 1.54) is 18.7 Å². The van der Waals surface area contributed by atoms with Gasteiger partial charge in [0.05, 0.1) is 12.1 Å². The third-order valence-corrected chi connectivity index (χ3v) is 3.94. The Balaban J connectivity index is 2.20. The summed E-state index contributed by atoms with van der Waals surface area (Å²) in [5, 5.41) is 9.60. The number of carbonyl (C=O) groups excluding carboxylic acids is 1. The molecule has 1 atom stereocenters. The molecule has 0 spiro atoms. The molecule has 0 aromatic heterocycles. The lowest BCUT2D eigenvalue weighted by molar-refractivity contribution is -0.0159. The number of nitrogen functional groups attached to an aromatic ring is 1. The lowest BCUT2D eigenvalue weighted by atomic mass is 10.0. The minimum Gasteiger partial charge on any atom is -0.398 e. The molecule has 0 saturated heterocycles. The second-order valence-corrected chi connectivity index (χ2v) is 6.19. The van der Waals surface area contributed by atoms with E-state index in [1.807, 2.05) is 0 Å². The largest absolute Gasteiger partial charge is 0.398 e.